The Labute approximate surface area is 186 Å². The molecule has 2 aromatic heterocycles. The molecule has 0 bridgehead atoms. The second-order valence-electron chi connectivity index (χ2n) is 7.95. The van der Waals surface area contributed by atoms with E-state index < -0.39 is 0 Å². The summed E-state index contributed by atoms with van der Waals surface area (Å²) in [6, 6.07) is 13.6. The molecule has 0 saturated carbocycles. The highest BCUT2D eigenvalue weighted by atomic mass is 32.2. The normalized spacial score (nSPS) is 15.7. The van der Waals surface area contributed by atoms with E-state index in [1.807, 2.05) is 71.8 Å². The molecule has 2 amide bonds. The number of hydrogen-bond donors (Lipinski definition) is 1. The predicted molar refractivity (Wildman–Crippen MR) is 123 cm³/mol. The summed E-state index contributed by atoms with van der Waals surface area (Å²) in [7, 11) is 0. The van der Waals surface area contributed by atoms with Crippen LogP contribution in [0.15, 0.2) is 48.7 Å². The van der Waals surface area contributed by atoms with Crippen molar-refractivity contribution in [2.75, 3.05) is 24.2 Å². The van der Waals surface area contributed by atoms with Crippen LogP contribution >= 0.6 is 11.8 Å². The molecule has 1 saturated heterocycles. The first-order chi connectivity index (χ1) is 15.0. The van der Waals surface area contributed by atoms with E-state index in [1.54, 1.807) is 0 Å². The quantitative estimate of drug-likeness (QED) is 0.638. The van der Waals surface area contributed by atoms with Gasteiger partial charge in [-0.2, -0.15) is 0 Å². The van der Waals surface area contributed by atoms with Crippen LogP contribution in [-0.4, -0.2) is 55.4 Å². The molecule has 162 valence electrons. The van der Waals surface area contributed by atoms with Crippen LogP contribution in [0.5, 0.6) is 0 Å². The van der Waals surface area contributed by atoms with Crippen molar-refractivity contribution in [1.29, 1.82) is 0 Å². The van der Waals surface area contributed by atoms with E-state index in [4.69, 9.17) is 0 Å². The van der Waals surface area contributed by atoms with Gasteiger partial charge in [0.25, 0.3) is 0 Å². The summed E-state index contributed by atoms with van der Waals surface area (Å²) in [5.41, 5.74) is 2.77. The van der Waals surface area contributed by atoms with E-state index in [9.17, 15) is 9.59 Å². The highest BCUT2D eigenvalue weighted by molar-refractivity contribution is 8.01. The lowest BCUT2D eigenvalue weighted by Gasteiger charge is -2.32. The molecule has 7 nitrogen and oxygen atoms in total. The summed E-state index contributed by atoms with van der Waals surface area (Å²) in [5, 5.41) is 11.2. The maximum Gasteiger partial charge on any atom is 0.235 e. The van der Waals surface area contributed by atoms with Crippen molar-refractivity contribution >= 4 is 34.9 Å². The van der Waals surface area contributed by atoms with E-state index >= 15 is 0 Å². The monoisotopic (exact) mass is 437 g/mol. The van der Waals surface area contributed by atoms with E-state index in [0.29, 0.717) is 19.0 Å². The number of rotatable bonds is 6. The molecule has 31 heavy (non-hydrogen) atoms. The molecule has 1 unspecified atom stereocenters. The summed E-state index contributed by atoms with van der Waals surface area (Å²) in [4.78, 5) is 27.0. The number of anilines is 1. The van der Waals surface area contributed by atoms with Crippen LogP contribution in [0, 0.1) is 6.92 Å². The van der Waals surface area contributed by atoms with Crippen LogP contribution < -0.4 is 5.32 Å². The fourth-order valence-corrected chi connectivity index (χ4v) is 4.62. The number of nitrogens with zero attached hydrogens (tertiary/aromatic N) is 4. The van der Waals surface area contributed by atoms with E-state index in [0.717, 1.165) is 35.6 Å². The van der Waals surface area contributed by atoms with E-state index in [-0.39, 0.29) is 22.8 Å². The molecule has 1 aromatic carbocycles. The Balaban J connectivity index is 1.25. The smallest absolute Gasteiger partial charge is 0.235 e. The van der Waals surface area contributed by atoms with Gasteiger partial charge in [0.15, 0.2) is 5.65 Å². The molecular formula is C23H27N5O2S. The number of thioether (sulfide) groups is 1. The Morgan fingerprint density at radius 3 is 2.61 bits per heavy atom. The Morgan fingerprint density at radius 2 is 1.87 bits per heavy atom. The average molecular weight is 438 g/mol. The van der Waals surface area contributed by atoms with Crippen LogP contribution in [-0.2, 0) is 9.59 Å². The lowest BCUT2D eigenvalue weighted by Crippen LogP contribution is -2.42. The number of aromatic nitrogens is 3. The van der Waals surface area contributed by atoms with Gasteiger partial charge < -0.3 is 10.2 Å². The molecule has 4 rings (SSSR count). The molecule has 1 N–H and O–H groups in total. The van der Waals surface area contributed by atoms with Gasteiger partial charge in [0.1, 0.15) is 5.82 Å². The van der Waals surface area contributed by atoms with Crippen LogP contribution in [0.1, 0.15) is 37.1 Å². The Morgan fingerprint density at radius 1 is 1.13 bits per heavy atom. The van der Waals surface area contributed by atoms with Crippen molar-refractivity contribution in [3.63, 3.8) is 0 Å². The standard InChI is InChI=1S/C23H27N5O2S/c1-16-6-8-19(9-7-16)24-21(29)15-31-17(2)23(30)27-13-10-18(11-14-27)22-26-25-20-5-3-4-12-28(20)22/h3-9,12,17-18H,10-11,13-15H2,1-2H3,(H,24,29). The summed E-state index contributed by atoms with van der Waals surface area (Å²) in [6.45, 7) is 5.29. The first-order valence-electron chi connectivity index (χ1n) is 10.6. The number of nitrogens with one attached hydrogen (secondary N) is 1. The number of hydrogen-bond acceptors (Lipinski definition) is 5. The van der Waals surface area contributed by atoms with Crippen LogP contribution in [0.25, 0.3) is 5.65 Å². The first-order valence-corrected chi connectivity index (χ1v) is 11.6. The highest BCUT2D eigenvalue weighted by Crippen LogP contribution is 2.28. The van der Waals surface area contributed by atoms with Gasteiger partial charge in [-0.05, 0) is 51.0 Å². The van der Waals surface area contributed by atoms with Crippen LogP contribution in [0.4, 0.5) is 5.69 Å². The molecule has 3 heterocycles. The molecule has 0 spiro atoms. The number of carbonyl (C=O) groups is 2. The second kappa shape index (κ2) is 9.51. The number of carbonyl (C=O) groups excluding carboxylic acids is 2. The lowest BCUT2D eigenvalue weighted by molar-refractivity contribution is -0.131. The van der Waals surface area contributed by atoms with Gasteiger partial charge in [0.2, 0.25) is 11.8 Å². The maximum absolute atomic E-state index is 12.9. The summed E-state index contributed by atoms with van der Waals surface area (Å²) < 4.78 is 2.04. The molecule has 1 aliphatic heterocycles. The van der Waals surface area contributed by atoms with Gasteiger partial charge in [-0.1, -0.05) is 23.8 Å². The summed E-state index contributed by atoms with van der Waals surface area (Å²) in [6.07, 6.45) is 3.72. The third-order valence-corrected chi connectivity index (χ3v) is 6.79. The molecule has 1 atom stereocenters. The maximum atomic E-state index is 12.9. The molecule has 3 aromatic rings. The van der Waals surface area contributed by atoms with Gasteiger partial charge in [0, 0.05) is 30.9 Å². The Hall–Kier alpha value is -2.87. The van der Waals surface area contributed by atoms with Crippen LogP contribution in [0.3, 0.4) is 0 Å². The number of likely N-dealkylation sites (tertiary alicyclic amines) is 1. The van der Waals surface area contributed by atoms with E-state index in [2.05, 4.69) is 15.5 Å². The molecule has 0 radical (unpaired) electrons. The fraction of sp³-hybridized carbons (Fsp3) is 0.391. The third-order valence-electron chi connectivity index (χ3n) is 5.66. The Kier molecular flexibility index (Phi) is 6.56. The van der Waals surface area contributed by atoms with Crippen molar-refractivity contribution in [2.45, 2.75) is 37.9 Å². The molecule has 0 aliphatic carbocycles. The number of amides is 2. The topological polar surface area (TPSA) is 79.6 Å². The van der Waals surface area contributed by atoms with Crippen molar-refractivity contribution in [1.82, 2.24) is 19.5 Å². The summed E-state index contributed by atoms with van der Waals surface area (Å²) >= 11 is 1.38. The number of fused-ring (bicyclic) bond motifs is 1. The molecule has 1 aliphatic rings. The zero-order chi connectivity index (χ0) is 21.8. The minimum atomic E-state index is -0.255. The largest absolute Gasteiger partial charge is 0.342 e. The first kappa shape index (κ1) is 21.4. The average Bonchev–Trinajstić information content (AvgIpc) is 3.23. The summed E-state index contributed by atoms with van der Waals surface area (Å²) in [5.74, 6) is 1.52. The number of piperidine rings is 1. The van der Waals surface area contributed by atoms with Crippen molar-refractivity contribution in [2.24, 2.45) is 0 Å². The number of aryl methyl sites for hydroxylation is 1. The molecule has 8 heteroatoms. The van der Waals surface area contributed by atoms with Gasteiger partial charge in [-0.3, -0.25) is 14.0 Å². The number of pyridine rings is 1. The van der Waals surface area contributed by atoms with Crippen LogP contribution in [0.2, 0.25) is 0 Å². The van der Waals surface area contributed by atoms with Gasteiger partial charge in [-0.15, -0.1) is 22.0 Å². The van der Waals surface area contributed by atoms with Crippen molar-refractivity contribution in [3.05, 3.63) is 60.0 Å². The van der Waals surface area contributed by atoms with Crippen molar-refractivity contribution in [3.8, 4) is 0 Å². The zero-order valence-electron chi connectivity index (χ0n) is 17.8. The number of benzene rings is 1. The zero-order valence-corrected chi connectivity index (χ0v) is 18.6. The fourth-order valence-electron chi connectivity index (χ4n) is 3.86. The van der Waals surface area contributed by atoms with Crippen molar-refractivity contribution < 1.29 is 9.59 Å². The molecular weight excluding hydrogens is 410 g/mol. The Bertz CT molecular complexity index is 1060. The molecule has 1 fully saturated rings. The van der Waals surface area contributed by atoms with Gasteiger partial charge >= 0.3 is 0 Å². The minimum Gasteiger partial charge on any atom is -0.342 e. The van der Waals surface area contributed by atoms with Gasteiger partial charge in [0.05, 0.1) is 11.0 Å². The second-order valence-corrected chi connectivity index (χ2v) is 9.28. The minimum absolute atomic E-state index is 0.0918. The van der Waals surface area contributed by atoms with Gasteiger partial charge in [-0.25, -0.2) is 0 Å². The lowest BCUT2D eigenvalue weighted by atomic mass is 9.96. The van der Waals surface area contributed by atoms with E-state index in [1.165, 1.54) is 11.8 Å². The highest BCUT2D eigenvalue weighted by Gasteiger charge is 2.29. The third kappa shape index (κ3) is 5.07. The SMILES string of the molecule is Cc1ccc(NC(=O)CSC(C)C(=O)N2CCC(c3nnc4ccccn34)CC2)cc1. The predicted octanol–water partition coefficient (Wildman–Crippen LogP) is 3.50.